The Morgan fingerprint density at radius 3 is 2.61 bits per heavy atom. The molecule has 160 valence electrons. The molecule has 8 atom stereocenters. The summed E-state index contributed by atoms with van der Waals surface area (Å²) in [6, 6.07) is 0. The van der Waals surface area contributed by atoms with Crippen LogP contribution in [0.4, 0.5) is 0 Å². The van der Waals surface area contributed by atoms with Crippen LogP contribution in [-0.2, 0) is 18.9 Å². The van der Waals surface area contributed by atoms with Crippen LogP contribution in [0.5, 0.6) is 0 Å². The minimum atomic E-state index is -0.851. The summed E-state index contributed by atoms with van der Waals surface area (Å²) in [5.74, 6) is 0.119. The highest BCUT2D eigenvalue weighted by Crippen LogP contribution is 2.59. The van der Waals surface area contributed by atoms with Crippen LogP contribution in [0.3, 0.4) is 0 Å². The minimum Gasteiger partial charge on any atom is -0.389 e. The van der Waals surface area contributed by atoms with Crippen molar-refractivity contribution in [2.45, 2.75) is 88.3 Å². The van der Waals surface area contributed by atoms with Gasteiger partial charge in [-0.05, 0) is 46.5 Å². The smallest absolute Gasteiger partial charge is 0.135 e. The molecule has 1 spiro atoms. The molecule has 28 heavy (non-hydrogen) atoms. The average molecular weight is 398 g/mol. The van der Waals surface area contributed by atoms with Gasteiger partial charge in [0.1, 0.15) is 18.6 Å². The molecular weight excluding hydrogens is 362 g/mol. The molecule has 2 N–H and O–H groups in total. The van der Waals surface area contributed by atoms with E-state index in [-0.39, 0.29) is 35.4 Å². The van der Waals surface area contributed by atoms with Crippen LogP contribution in [0, 0.1) is 5.92 Å². The Bertz CT molecular complexity index is 604. The lowest BCUT2D eigenvalue weighted by Crippen LogP contribution is -2.56. The maximum atomic E-state index is 10.1. The first-order valence-electron chi connectivity index (χ1n) is 10.5. The largest absolute Gasteiger partial charge is 0.389 e. The molecule has 7 nitrogen and oxygen atoms in total. The predicted molar refractivity (Wildman–Crippen MR) is 103 cm³/mol. The molecule has 4 aliphatic rings. The third-order valence-electron chi connectivity index (χ3n) is 7.12. The molecule has 0 bridgehead atoms. The Kier molecular flexibility index (Phi) is 5.64. The second-order valence-electron chi connectivity index (χ2n) is 9.29. The molecule has 4 fully saturated rings. The Balaban J connectivity index is 1.44. The fourth-order valence-corrected chi connectivity index (χ4v) is 5.28. The number of aliphatic hydroxyl groups excluding tert-OH is 2. The van der Waals surface area contributed by atoms with Gasteiger partial charge in [0.15, 0.2) is 0 Å². The lowest BCUT2D eigenvalue weighted by molar-refractivity contribution is -0.169. The van der Waals surface area contributed by atoms with Gasteiger partial charge in [-0.1, -0.05) is 11.6 Å². The zero-order valence-electron chi connectivity index (χ0n) is 17.5. The zero-order valence-corrected chi connectivity index (χ0v) is 17.5. The number of methoxy groups -OCH3 is 1. The van der Waals surface area contributed by atoms with Gasteiger partial charge in [-0.15, -0.1) is 0 Å². The number of likely N-dealkylation sites (tertiary alicyclic amines) is 1. The molecule has 0 aromatic rings. The van der Waals surface area contributed by atoms with Gasteiger partial charge in [0.2, 0.25) is 0 Å². The second-order valence-corrected chi connectivity index (χ2v) is 9.29. The number of hydrogen-bond donors (Lipinski definition) is 2. The van der Waals surface area contributed by atoms with Crippen LogP contribution in [0.1, 0.15) is 46.5 Å². The monoisotopic (exact) mass is 397 g/mol. The fraction of sp³-hybridized carbons (Fsp3) is 0.905. The molecule has 0 aromatic heterocycles. The van der Waals surface area contributed by atoms with Gasteiger partial charge in [0.25, 0.3) is 0 Å². The van der Waals surface area contributed by atoms with Gasteiger partial charge in [-0.25, -0.2) is 0 Å². The number of allylic oxidation sites excluding steroid dienone is 1. The van der Waals surface area contributed by atoms with Crippen molar-refractivity contribution in [3.05, 3.63) is 11.6 Å². The van der Waals surface area contributed by atoms with Crippen molar-refractivity contribution in [3.8, 4) is 0 Å². The molecule has 7 heteroatoms. The van der Waals surface area contributed by atoms with Gasteiger partial charge >= 0.3 is 0 Å². The SMILES string of the molecule is CO[C@@H]1[C@H](OCN2CCC(O)C2O)CCC2(CO2)[C@H]1[C@@]1(C)O[C@@H]1CC=C(C)C. The van der Waals surface area contributed by atoms with E-state index in [1.807, 2.05) is 0 Å². The van der Waals surface area contributed by atoms with Gasteiger partial charge in [-0.2, -0.15) is 0 Å². The second kappa shape index (κ2) is 7.61. The van der Waals surface area contributed by atoms with Crippen molar-refractivity contribution in [2.24, 2.45) is 5.92 Å². The van der Waals surface area contributed by atoms with E-state index >= 15 is 0 Å². The van der Waals surface area contributed by atoms with Crippen molar-refractivity contribution in [1.82, 2.24) is 4.90 Å². The number of ether oxygens (including phenoxy) is 4. The summed E-state index contributed by atoms with van der Waals surface area (Å²) >= 11 is 0. The van der Waals surface area contributed by atoms with E-state index in [0.29, 0.717) is 19.7 Å². The zero-order chi connectivity index (χ0) is 20.1. The normalized spacial score (nSPS) is 48.1. The van der Waals surface area contributed by atoms with Crippen LogP contribution in [-0.4, -0.2) is 84.0 Å². The lowest BCUT2D eigenvalue weighted by Gasteiger charge is -2.43. The van der Waals surface area contributed by atoms with Crippen molar-refractivity contribution < 1.29 is 29.2 Å². The summed E-state index contributed by atoms with van der Waals surface area (Å²) in [5, 5.41) is 19.8. The molecular formula is C21H35NO6. The van der Waals surface area contributed by atoms with Crippen LogP contribution < -0.4 is 0 Å². The minimum absolute atomic E-state index is 0.0834. The van der Waals surface area contributed by atoms with E-state index in [2.05, 4.69) is 26.8 Å². The Morgan fingerprint density at radius 1 is 1.29 bits per heavy atom. The number of aliphatic hydroxyl groups is 2. The van der Waals surface area contributed by atoms with E-state index in [0.717, 1.165) is 25.9 Å². The quantitative estimate of drug-likeness (QED) is 0.496. The molecule has 4 rings (SSSR count). The molecule has 1 saturated carbocycles. The van der Waals surface area contributed by atoms with Gasteiger partial charge < -0.3 is 29.2 Å². The van der Waals surface area contributed by atoms with Crippen LogP contribution in [0.15, 0.2) is 11.6 Å². The maximum Gasteiger partial charge on any atom is 0.135 e. The lowest BCUT2D eigenvalue weighted by atomic mass is 9.68. The summed E-state index contributed by atoms with van der Waals surface area (Å²) in [7, 11) is 1.74. The van der Waals surface area contributed by atoms with E-state index in [1.165, 1.54) is 5.57 Å². The van der Waals surface area contributed by atoms with E-state index < -0.39 is 12.3 Å². The Hall–Kier alpha value is -0.540. The summed E-state index contributed by atoms with van der Waals surface area (Å²) < 4.78 is 24.3. The van der Waals surface area contributed by atoms with E-state index in [9.17, 15) is 10.2 Å². The average Bonchev–Trinajstić information content (AvgIpc) is 3.55. The highest BCUT2D eigenvalue weighted by atomic mass is 16.6. The summed E-state index contributed by atoms with van der Waals surface area (Å²) in [6.07, 6.45) is 3.93. The molecule has 0 aromatic carbocycles. The van der Waals surface area contributed by atoms with E-state index in [4.69, 9.17) is 18.9 Å². The van der Waals surface area contributed by atoms with Crippen molar-refractivity contribution >= 4 is 0 Å². The van der Waals surface area contributed by atoms with Crippen molar-refractivity contribution in [1.29, 1.82) is 0 Å². The summed E-state index contributed by atoms with van der Waals surface area (Å²) in [6.45, 7) is 8.08. The maximum absolute atomic E-state index is 10.1. The van der Waals surface area contributed by atoms with Gasteiger partial charge in [-0.3, -0.25) is 4.90 Å². The first kappa shape index (κ1) is 20.7. The molecule has 0 amide bonds. The van der Waals surface area contributed by atoms with Gasteiger partial charge in [0.05, 0.1) is 42.5 Å². The Labute approximate surface area is 167 Å². The Morgan fingerprint density at radius 2 is 2.04 bits per heavy atom. The predicted octanol–water partition coefficient (Wildman–Crippen LogP) is 1.42. The number of nitrogens with zero attached hydrogens (tertiary/aromatic N) is 1. The van der Waals surface area contributed by atoms with Gasteiger partial charge in [0, 0.05) is 13.7 Å². The third kappa shape index (κ3) is 3.67. The summed E-state index contributed by atoms with van der Waals surface area (Å²) in [4.78, 5) is 1.78. The fourth-order valence-electron chi connectivity index (χ4n) is 5.28. The van der Waals surface area contributed by atoms with E-state index in [1.54, 1.807) is 12.0 Å². The number of hydrogen-bond acceptors (Lipinski definition) is 7. The summed E-state index contributed by atoms with van der Waals surface area (Å²) in [5.41, 5.74) is 0.877. The standard InChI is InChI=1S/C21H35NO6/c1-13(2)5-6-16-20(3,28-16)18-17(25-4)15(7-9-21(18)11-27-21)26-12-22-10-8-14(23)19(22)24/h5,14-19,23-24H,6-12H2,1-4H3/t14?,15-,16-,17-,18-,19?,20+,21?/m1/s1. The molecule has 3 saturated heterocycles. The first-order chi connectivity index (χ1) is 13.3. The highest BCUT2D eigenvalue weighted by molar-refractivity contribution is 5.20. The first-order valence-corrected chi connectivity index (χ1v) is 10.5. The number of rotatable bonds is 7. The highest BCUT2D eigenvalue weighted by Gasteiger charge is 2.72. The van der Waals surface area contributed by atoms with Crippen molar-refractivity contribution in [2.75, 3.05) is 27.0 Å². The van der Waals surface area contributed by atoms with Crippen molar-refractivity contribution in [3.63, 3.8) is 0 Å². The molecule has 1 aliphatic carbocycles. The van der Waals surface area contributed by atoms with Crippen LogP contribution >= 0.6 is 0 Å². The molecule has 0 radical (unpaired) electrons. The molecule has 3 unspecified atom stereocenters. The van der Waals surface area contributed by atoms with Crippen LogP contribution in [0.2, 0.25) is 0 Å². The van der Waals surface area contributed by atoms with Crippen LogP contribution in [0.25, 0.3) is 0 Å². The number of epoxide rings is 2. The third-order valence-corrected chi connectivity index (χ3v) is 7.12. The molecule has 3 aliphatic heterocycles. The molecule has 3 heterocycles. The topological polar surface area (TPSA) is 87.2 Å².